The van der Waals surface area contributed by atoms with Gasteiger partial charge >= 0.3 is 5.97 Å². The van der Waals surface area contributed by atoms with E-state index >= 15 is 0 Å². The fourth-order valence-electron chi connectivity index (χ4n) is 3.61. The number of carbonyl (C=O) groups excluding carboxylic acids is 1. The Morgan fingerprint density at radius 3 is 2.55 bits per heavy atom. The Labute approximate surface area is 167 Å². The molecule has 1 aliphatic rings. The highest BCUT2D eigenvalue weighted by Crippen LogP contribution is 2.16. The van der Waals surface area contributed by atoms with Crippen molar-refractivity contribution in [1.82, 2.24) is 14.9 Å². The summed E-state index contributed by atoms with van der Waals surface area (Å²) in [5.74, 6) is -0.472. The van der Waals surface area contributed by atoms with Crippen molar-refractivity contribution in [3.63, 3.8) is 0 Å². The van der Waals surface area contributed by atoms with Crippen LogP contribution in [-0.4, -0.2) is 26.5 Å². The molecule has 0 unspecified atom stereocenters. The molecule has 2 N–H and O–H groups in total. The third-order valence-electron chi connectivity index (χ3n) is 5.23. The molecule has 3 aromatic rings. The number of rotatable bonds is 4. The highest BCUT2D eigenvalue weighted by Gasteiger charge is 2.15. The number of nitrogens with zero attached hydrogens (tertiary/aromatic N) is 2. The van der Waals surface area contributed by atoms with Crippen LogP contribution in [0.4, 0.5) is 0 Å². The lowest BCUT2D eigenvalue weighted by atomic mass is 10.1. The van der Waals surface area contributed by atoms with Gasteiger partial charge < -0.3 is 10.4 Å². The fraction of sp³-hybridized carbons (Fsp3) is 0.273. The Morgan fingerprint density at radius 2 is 1.79 bits per heavy atom. The van der Waals surface area contributed by atoms with Crippen molar-refractivity contribution in [2.75, 3.05) is 0 Å². The fourth-order valence-corrected chi connectivity index (χ4v) is 3.61. The van der Waals surface area contributed by atoms with Gasteiger partial charge in [0.25, 0.3) is 11.5 Å². The summed E-state index contributed by atoms with van der Waals surface area (Å²) < 4.78 is 1.76. The van der Waals surface area contributed by atoms with E-state index in [0.29, 0.717) is 23.0 Å². The molecule has 0 aliphatic carbocycles. The number of nitrogens with one attached hydrogen (secondary N) is 1. The highest BCUT2D eigenvalue weighted by atomic mass is 16.4. The molecule has 0 saturated heterocycles. The summed E-state index contributed by atoms with van der Waals surface area (Å²) in [6.45, 7) is 0.969. The van der Waals surface area contributed by atoms with Gasteiger partial charge in [0, 0.05) is 25.1 Å². The normalized spacial score (nSPS) is 13.5. The van der Waals surface area contributed by atoms with Crippen LogP contribution >= 0.6 is 0 Å². The van der Waals surface area contributed by atoms with E-state index in [1.807, 2.05) is 0 Å². The third-order valence-corrected chi connectivity index (χ3v) is 5.23. The summed E-state index contributed by atoms with van der Waals surface area (Å²) in [6, 6.07) is 11.3. The summed E-state index contributed by atoms with van der Waals surface area (Å²) in [4.78, 5) is 40.9. The van der Waals surface area contributed by atoms with Crippen molar-refractivity contribution in [2.45, 2.75) is 38.8 Å². The van der Waals surface area contributed by atoms with Crippen molar-refractivity contribution in [3.05, 3.63) is 75.3 Å². The number of amides is 1. The maximum atomic E-state index is 12.8. The smallest absolute Gasteiger partial charge is 0.335 e. The van der Waals surface area contributed by atoms with Crippen molar-refractivity contribution in [2.24, 2.45) is 0 Å². The van der Waals surface area contributed by atoms with E-state index in [1.165, 1.54) is 12.1 Å². The molecule has 0 spiro atoms. The lowest BCUT2D eigenvalue weighted by molar-refractivity contribution is 0.0696. The molecule has 148 valence electrons. The van der Waals surface area contributed by atoms with Gasteiger partial charge in [-0.05, 0) is 48.7 Å². The van der Waals surface area contributed by atoms with Crippen LogP contribution in [0, 0.1) is 0 Å². The van der Waals surface area contributed by atoms with E-state index in [1.54, 1.807) is 34.9 Å². The molecular formula is C22H21N3O4. The van der Waals surface area contributed by atoms with Crippen LogP contribution in [0.25, 0.3) is 10.9 Å². The Hall–Kier alpha value is -3.48. The lowest BCUT2D eigenvalue weighted by Crippen LogP contribution is -2.25. The van der Waals surface area contributed by atoms with E-state index in [0.717, 1.165) is 37.1 Å². The summed E-state index contributed by atoms with van der Waals surface area (Å²) in [7, 11) is 0. The Balaban J connectivity index is 1.55. The van der Waals surface area contributed by atoms with Gasteiger partial charge in [0.1, 0.15) is 5.82 Å². The molecular weight excluding hydrogens is 370 g/mol. The van der Waals surface area contributed by atoms with Crippen LogP contribution in [0.1, 0.15) is 51.4 Å². The zero-order chi connectivity index (χ0) is 20.4. The topological polar surface area (TPSA) is 101 Å². The number of aryl methyl sites for hydroxylation is 1. The molecule has 1 amide bonds. The zero-order valence-electron chi connectivity index (χ0n) is 15.9. The van der Waals surface area contributed by atoms with Crippen LogP contribution in [-0.2, 0) is 19.5 Å². The minimum absolute atomic E-state index is 0.0441. The zero-order valence-corrected chi connectivity index (χ0v) is 15.9. The average molecular weight is 391 g/mol. The van der Waals surface area contributed by atoms with Gasteiger partial charge in [0.2, 0.25) is 0 Å². The van der Waals surface area contributed by atoms with Crippen molar-refractivity contribution < 1.29 is 14.7 Å². The predicted molar refractivity (Wildman–Crippen MR) is 108 cm³/mol. The molecule has 0 fully saturated rings. The summed E-state index contributed by atoms with van der Waals surface area (Å²) in [5, 5.41) is 12.3. The lowest BCUT2D eigenvalue weighted by Gasteiger charge is -2.11. The Morgan fingerprint density at radius 1 is 1.03 bits per heavy atom. The number of carbonyl (C=O) groups is 2. The SMILES string of the molecule is O=C(O)c1ccc(CNC(=O)c2ccc3c(=O)n4c(nc3c2)CCCCC4)cc1. The summed E-state index contributed by atoms with van der Waals surface area (Å²) >= 11 is 0. The van der Waals surface area contributed by atoms with E-state index in [9.17, 15) is 14.4 Å². The van der Waals surface area contributed by atoms with Crippen LogP contribution < -0.4 is 10.9 Å². The second-order valence-electron chi connectivity index (χ2n) is 7.21. The molecule has 0 saturated carbocycles. The van der Waals surface area contributed by atoms with Crippen LogP contribution in [0.3, 0.4) is 0 Å². The van der Waals surface area contributed by atoms with Crippen molar-refractivity contribution >= 4 is 22.8 Å². The van der Waals surface area contributed by atoms with Gasteiger partial charge in [-0.1, -0.05) is 18.6 Å². The van der Waals surface area contributed by atoms with E-state index in [2.05, 4.69) is 10.3 Å². The molecule has 0 atom stereocenters. The number of aromatic carboxylic acids is 1. The quantitative estimate of drug-likeness (QED) is 0.712. The van der Waals surface area contributed by atoms with Gasteiger partial charge in [-0.2, -0.15) is 0 Å². The molecule has 0 radical (unpaired) electrons. The van der Waals surface area contributed by atoms with E-state index in [-0.39, 0.29) is 23.6 Å². The highest BCUT2D eigenvalue weighted by molar-refractivity contribution is 5.97. The maximum absolute atomic E-state index is 12.8. The van der Waals surface area contributed by atoms with E-state index < -0.39 is 5.97 Å². The molecule has 29 heavy (non-hydrogen) atoms. The molecule has 4 rings (SSSR count). The Kier molecular flexibility index (Phi) is 5.12. The minimum atomic E-state index is -0.988. The van der Waals surface area contributed by atoms with Crippen LogP contribution in [0.2, 0.25) is 0 Å². The number of carboxylic acids is 1. The number of benzene rings is 2. The first kappa shape index (κ1) is 18.9. The predicted octanol–water partition coefficient (Wildman–Crippen LogP) is 2.75. The number of hydrogen-bond acceptors (Lipinski definition) is 4. The van der Waals surface area contributed by atoms with Gasteiger partial charge in [-0.3, -0.25) is 14.2 Å². The molecule has 7 nitrogen and oxygen atoms in total. The number of carboxylic acid groups (broad SMARTS) is 1. The molecule has 0 bridgehead atoms. The monoisotopic (exact) mass is 391 g/mol. The molecule has 2 heterocycles. The summed E-state index contributed by atoms with van der Waals surface area (Å²) in [5.41, 5.74) is 1.93. The maximum Gasteiger partial charge on any atom is 0.335 e. The molecule has 1 aromatic heterocycles. The number of hydrogen-bond donors (Lipinski definition) is 2. The largest absolute Gasteiger partial charge is 0.478 e. The standard InChI is InChI=1S/C22H21N3O4/c26-20(23-13-14-5-7-15(8-6-14)22(28)29)16-9-10-17-18(12-16)24-19-4-2-1-3-11-25(19)21(17)27/h5-10,12H,1-4,11,13H2,(H,23,26)(H,28,29). The molecule has 2 aromatic carbocycles. The van der Waals surface area contributed by atoms with Gasteiger partial charge in [0.05, 0.1) is 16.5 Å². The first-order valence-electron chi connectivity index (χ1n) is 9.67. The van der Waals surface area contributed by atoms with E-state index in [4.69, 9.17) is 5.11 Å². The first-order valence-corrected chi connectivity index (χ1v) is 9.67. The van der Waals surface area contributed by atoms with Gasteiger partial charge in [0.15, 0.2) is 0 Å². The van der Waals surface area contributed by atoms with Crippen LogP contribution in [0.5, 0.6) is 0 Å². The van der Waals surface area contributed by atoms with Crippen LogP contribution in [0.15, 0.2) is 47.3 Å². The first-order chi connectivity index (χ1) is 14.0. The second kappa shape index (κ2) is 7.87. The van der Waals surface area contributed by atoms with Gasteiger partial charge in [-0.15, -0.1) is 0 Å². The van der Waals surface area contributed by atoms with Crippen molar-refractivity contribution in [1.29, 1.82) is 0 Å². The van der Waals surface area contributed by atoms with Gasteiger partial charge in [-0.25, -0.2) is 9.78 Å². The van der Waals surface area contributed by atoms with Crippen molar-refractivity contribution in [3.8, 4) is 0 Å². The number of aromatic nitrogens is 2. The average Bonchev–Trinajstić information content (AvgIpc) is 2.97. The second-order valence-corrected chi connectivity index (χ2v) is 7.21. The Bertz CT molecular complexity index is 1150. The third kappa shape index (κ3) is 3.89. The number of fused-ring (bicyclic) bond motifs is 2. The minimum Gasteiger partial charge on any atom is -0.478 e. The molecule has 7 heteroatoms. The molecule has 1 aliphatic heterocycles. The summed E-state index contributed by atoms with van der Waals surface area (Å²) in [6.07, 6.45) is 3.85.